The molecule has 0 radical (unpaired) electrons. The summed E-state index contributed by atoms with van der Waals surface area (Å²) in [4.78, 5) is 12.0. The highest BCUT2D eigenvalue weighted by Crippen LogP contribution is 2.19. The fourth-order valence-electron chi connectivity index (χ4n) is 2.95. The van der Waals surface area contributed by atoms with Crippen molar-refractivity contribution in [1.29, 1.82) is 0 Å². The molecule has 2 aromatic rings. The van der Waals surface area contributed by atoms with Crippen molar-refractivity contribution in [2.45, 2.75) is 38.1 Å². The van der Waals surface area contributed by atoms with E-state index < -0.39 is 0 Å². The smallest absolute Gasteiger partial charge is 0.239 e. The van der Waals surface area contributed by atoms with Crippen LogP contribution in [0.25, 0.3) is 11.4 Å². The van der Waals surface area contributed by atoms with Crippen LogP contribution in [0.3, 0.4) is 0 Å². The quantitative estimate of drug-likeness (QED) is 0.878. The van der Waals surface area contributed by atoms with Crippen molar-refractivity contribution in [3.05, 3.63) is 24.3 Å². The highest BCUT2D eigenvalue weighted by Gasteiger charge is 2.15. The SMILES string of the molecule is Cn1nnnc1-c1cccc(NCC(=O)NC2CCCCC2)c1. The number of benzene rings is 1. The lowest BCUT2D eigenvalue weighted by molar-refractivity contribution is -0.120. The van der Waals surface area contributed by atoms with E-state index in [1.54, 1.807) is 11.7 Å². The maximum absolute atomic E-state index is 12.0. The molecule has 1 aliphatic carbocycles. The molecule has 1 fully saturated rings. The largest absolute Gasteiger partial charge is 0.376 e. The van der Waals surface area contributed by atoms with Crippen molar-refractivity contribution in [1.82, 2.24) is 25.5 Å². The van der Waals surface area contributed by atoms with Crippen LogP contribution in [-0.4, -0.2) is 38.7 Å². The van der Waals surface area contributed by atoms with Gasteiger partial charge in [0.1, 0.15) is 0 Å². The Bertz CT molecular complexity index is 662. The molecule has 0 saturated heterocycles. The van der Waals surface area contributed by atoms with Crippen LogP contribution in [0, 0.1) is 0 Å². The molecule has 1 aromatic heterocycles. The van der Waals surface area contributed by atoms with Gasteiger partial charge < -0.3 is 10.6 Å². The van der Waals surface area contributed by atoms with Gasteiger partial charge in [-0.3, -0.25) is 4.79 Å². The number of nitrogens with zero attached hydrogens (tertiary/aromatic N) is 4. The molecule has 7 heteroatoms. The van der Waals surface area contributed by atoms with Crippen LogP contribution >= 0.6 is 0 Å². The Morgan fingerprint density at radius 3 is 2.87 bits per heavy atom. The molecule has 0 atom stereocenters. The molecule has 0 aliphatic heterocycles. The number of amides is 1. The fraction of sp³-hybridized carbons (Fsp3) is 0.500. The number of hydrogen-bond acceptors (Lipinski definition) is 5. The Balaban J connectivity index is 1.56. The summed E-state index contributed by atoms with van der Waals surface area (Å²) in [6.45, 7) is 0.275. The highest BCUT2D eigenvalue weighted by molar-refractivity contribution is 5.81. The number of carbonyl (C=O) groups is 1. The van der Waals surface area contributed by atoms with E-state index in [4.69, 9.17) is 0 Å². The third kappa shape index (κ3) is 4.06. The number of carbonyl (C=O) groups excluding carboxylic acids is 1. The Kier molecular flexibility index (Phi) is 4.85. The van der Waals surface area contributed by atoms with Crippen molar-refractivity contribution >= 4 is 11.6 Å². The standard InChI is InChI=1S/C16H22N6O/c1-22-16(19-20-21-22)12-6-5-9-14(10-12)17-11-15(23)18-13-7-3-2-4-8-13/h5-6,9-10,13,17H,2-4,7-8,11H2,1H3,(H,18,23). The maximum Gasteiger partial charge on any atom is 0.239 e. The molecule has 1 amide bonds. The zero-order chi connectivity index (χ0) is 16.1. The topological polar surface area (TPSA) is 84.7 Å². The van der Waals surface area contributed by atoms with E-state index in [-0.39, 0.29) is 12.5 Å². The molecule has 0 unspecified atom stereocenters. The predicted octanol–water partition coefficient (Wildman–Crippen LogP) is 1.74. The van der Waals surface area contributed by atoms with Gasteiger partial charge in [0.2, 0.25) is 5.91 Å². The van der Waals surface area contributed by atoms with Crippen molar-refractivity contribution in [3.63, 3.8) is 0 Å². The number of anilines is 1. The van der Waals surface area contributed by atoms with Crippen molar-refractivity contribution < 1.29 is 4.79 Å². The molecular formula is C16H22N6O. The number of hydrogen-bond donors (Lipinski definition) is 2. The molecule has 7 nitrogen and oxygen atoms in total. The highest BCUT2D eigenvalue weighted by atomic mass is 16.1. The van der Waals surface area contributed by atoms with Gasteiger partial charge in [0, 0.05) is 24.3 Å². The lowest BCUT2D eigenvalue weighted by atomic mass is 9.95. The predicted molar refractivity (Wildman–Crippen MR) is 87.7 cm³/mol. The number of aromatic nitrogens is 4. The zero-order valence-electron chi connectivity index (χ0n) is 13.3. The Morgan fingerprint density at radius 2 is 2.13 bits per heavy atom. The average Bonchev–Trinajstić information content (AvgIpc) is 3.00. The van der Waals surface area contributed by atoms with Crippen molar-refractivity contribution in [3.8, 4) is 11.4 Å². The van der Waals surface area contributed by atoms with Gasteiger partial charge >= 0.3 is 0 Å². The maximum atomic E-state index is 12.0. The van der Waals surface area contributed by atoms with Crippen LogP contribution in [-0.2, 0) is 11.8 Å². The van der Waals surface area contributed by atoms with Crippen molar-refractivity contribution in [2.75, 3.05) is 11.9 Å². The summed E-state index contributed by atoms with van der Waals surface area (Å²) < 4.78 is 1.62. The summed E-state index contributed by atoms with van der Waals surface area (Å²) in [5, 5.41) is 17.7. The molecule has 122 valence electrons. The summed E-state index contributed by atoms with van der Waals surface area (Å²) in [6, 6.07) is 8.08. The van der Waals surface area contributed by atoms with Gasteiger partial charge in [-0.2, -0.15) is 0 Å². The molecule has 3 rings (SSSR count). The van der Waals surface area contributed by atoms with Crippen LogP contribution in [0.15, 0.2) is 24.3 Å². The van der Waals surface area contributed by atoms with Crippen molar-refractivity contribution in [2.24, 2.45) is 7.05 Å². The van der Waals surface area contributed by atoms with E-state index in [9.17, 15) is 4.79 Å². The normalized spacial score (nSPS) is 15.3. The van der Waals surface area contributed by atoms with E-state index in [0.717, 1.165) is 24.1 Å². The Labute approximate surface area is 135 Å². The van der Waals surface area contributed by atoms with E-state index in [1.165, 1.54) is 19.3 Å². The number of tetrazole rings is 1. The van der Waals surface area contributed by atoms with Gasteiger partial charge in [-0.15, -0.1) is 5.10 Å². The first-order chi connectivity index (χ1) is 11.2. The number of aryl methyl sites for hydroxylation is 1. The molecule has 1 heterocycles. The summed E-state index contributed by atoms with van der Waals surface area (Å²) in [5.41, 5.74) is 1.79. The molecular weight excluding hydrogens is 292 g/mol. The molecule has 1 saturated carbocycles. The second kappa shape index (κ2) is 7.21. The molecule has 0 bridgehead atoms. The van der Waals surface area contributed by atoms with Crippen LogP contribution in [0.2, 0.25) is 0 Å². The first kappa shape index (κ1) is 15.5. The summed E-state index contributed by atoms with van der Waals surface area (Å²) in [6.07, 6.45) is 5.91. The minimum Gasteiger partial charge on any atom is -0.376 e. The van der Waals surface area contributed by atoms with Gasteiger partial charge in [0.15, 0.2) is 5.82 Å². The fourth-order valence-corrected chi connectivity index (χ4v) is 2.95. The summed E-state index contributed by atoms with van der Waals surface area (Å²) in [5.74, 6) is 0.739. The van der Waals surface area contributed by atoms with Gasteiger partial charge in [-0.05, 0) is 35.4 Å². The Morgan fingerprint density at radius 1 is 1.30 bits per heavy atom. The van der Waals surface area contributed by atoms with E-state index in [2.05, 4.69) is 26.2 Å². The lowest BCUT2D eigenvalue weighted by Gasteiger charge is -2.22. The second-order valence-electron chi connectivity index (χ2n) is 5.96. The van der Waals surface area contributed by atoms with Gasteiger partial charge in [-0.1, -0.05) is 31.4 Å². The summed E-state index contributed by atoms with van der Waals surface area (Å²) in [7, 11) is 1.80. The molecule has 1 aliphatic rings. The van der Waals surface area contributed by atoms with E-state index in [0.29, 0.717) is 11.9 Å². The van der Waals surface area contributed by atoms with Gasteiger partial charge in [-0.25, -0.2) is 4.68 Å². The van der Waals surface area contributed by atoms with Crippen LogP contribution in [0.5, 0.6) is 0 Å². The summed E-state index contributed by atoms with van der Waals surface area (Å²) >= 11 is 0. The monoisotopic (exact) mass is 314 g/mol. The zero-order valence-corrected chi connectivity index (χ0v) is 13.3. The van der Waals surface area contributed by atoms with E-state index >= 15 is 0 Å². The molecule has 2 N–H and O–H groups in total. The lowest BCUT2D eigenvalue weighted by Crippen LogP contribution is -2.39. The molecule has 23 heavy (non-hydrogen) atoms. The third-order valence-corrected chi connectivity index (χ3v) is 4.16. The Hall–Kier alpha value is -2.44. The molecule has 1 aromatic carbocycles. The third-order valence-electron chi connectivity index (χ3n) is 4.16. The minimum atomic E-state index is 0.0441. The van der Waals surface area contributed by atoms with Gasteiger partial charge in [0.05, 0.1) is 6.54 Å². The van der Waals surface area contributed by atoms with Gasteiger partial charge in [0.25, 0.3) is 0 Å². The second-order valence-corrected chi connectivity index (χ2v) is 5.96. The van der Waals surface area contributed by atoms with E-state index in [1.807, 2.05) is 24.3 Å². The molecule has 0 spiro atoms. The van der Waals surface area contributed by atoms with Crippen LogP contribution < -0.4 is 10.6 Å². The first-order valence-corrected chi connectivity index (χ1v) is 8.08. The minimum absolute atomic E-state index is 0.0441. The average molecular weight is 314 g/mol. The number of rotatable bonds is 5. The van der Waals surface area contributed by atoms with Crippen LogP contribution in [0.1, 0.15) is 32.1 Å². The first-order valence-electron chi connectivity index (χ1n) is 8.08. The van der Waals surface area contributed by atoms with Crippen LogP contribution in [0.4, 0.5) is 5.69 Å². The number of nitrogens with one attached hydrogen (secondary N) is 2.